The SMILES string of the molecule is Cc1ccc(CCC(=O)NCC(=O)NC2CCCCC2)cc1. The number of benzene rings is 1. The third kappa shape index (κ3) is 5.88. The lowest BCUT2D eigenvalue weighted by Gasteiger charge is -2.22. The van der Waals surface area contributed by atoms with Gasteiger partial charge < -0.3 is 10.6 Å². The first-order valence-corrected chi connectivity index (χ1v) is 8.25. The summed E-state index contributed by atoms with van der Waals surface area (Å²) in [5, 5.41) is 5.70. The van der Waals surface area contributed by atoms with Crippen molar-refractivity contribution in [1.82, 2.24) is 10.6 Å². The van der Waals surface area contributed by atoms with Crippen LogP contribution < -0.4 is 10.6 Å². The van der Waals surface area contributed by atoms with Gasteiger partial charge in [-0.1, -0.05) is 49.1 Å². The van der Waals surface area contributed by atoms with Crippen molar-refractivity contribution in [3.8, 4) is 0 Å². The minimum Gasteiger partial charge on any atom is -0.352 e. The maximum atomic E-state index is 11.8. The second-order valence-electron chi connectivity index (χ2n) is 6.16. The molecule has 1 aliphatic carbocycles. The summed E-state index contributed by atoms with van der Waals surface area (Å²) in [6.45, 7) is 2.13. The standard InChI is InChI=1S/C18H26N2O2/c1-14-7-9-15(10-8-14)11-12-17(21)19-13-18(22)20-16-5-3-2-4-6-16/h7-10,16H,2-6,11-13H2,1H3,(H,19,21)(H,20,22). The van der Waals surface area contributed by atoms with Gasteiger partial charge in [0.15, 0.2) is 0 Å². The number of rotatable bonds is 6. The Morgan fingerprint density at radius 2 is 1.73 bits per heavy atom. The molecule has 4 nitrogen and oxygen atoms in total. The number of amides is 2. The van der Waals surface area contributed by atoms with Gasteiger partial charge in [0.1, 0.15) is 0 Å². The van der Waals surface area contributed by atoms with Gasteiger partial charge in [0.05, 0.1) is 6.54 Å². The molecule has 1 aliphatic rings. The number of nitrogens with one attached hydrogen (secondary N) is 2. The average molecular weight is 302 g/mol. The molecule has 2 N–H and O–H groups in total. The fourth-order valence-electron chi connectivity index (χ4n) is 2.81. The summed E-state index contributed by atoms with van der Waals surface area (Å²) in [6.07, 6.45) is 6.89. The number of hydrogen-bond acceptors (Lipinski definition) is 2. The van der Waals surface area contributed by atoms with Crippen molar-refractivity contribution in [2.45, 2.75) is 57.9 Å². The molecule has 0 saturated heterocycles. The first kappa shape index (κ1) is 16.5. The third-order valence-corrected chi connectivity index (χ3v) is 4.18. The van der Waals surface area contributed by atoms with Crippen molar-refractivity contribution in [2.24, 2.45) is 0 Å². The summed E-state index contributed by atoms with van der Waals surface area (Å²) < 4.78 is 0. The predicted octanol–water partition coefficient (Wildman–Crippen LogP) is 2.49. The molecule has 2 amide bonds. The number of hydrogen-bond donors (Lipinski definition) is 2. The molecule has 1 fully saturated rings. The largest absolute Gasteiger partial charge is 0.352 e. The van der Waals surface area contributed by atoms with E-state index < -0.39 is 0 Å². The highest BCUT2D eigenvalue weighted by Crippen LogP contribution is 2.17. The van der Waals surface area contributed by atoms with Crippen LogP contribution in [0, 0.1) is 6.92 Å². The molecule has 120 valence electrons. The zero-order valence-corrected chi connectivity index (χ0v) is 13.4. The Morgan fingerprint density at radius 1 is 1.05 bits per heavy atom. The van der Waals surface area contributed by atoms with Crippen molar-refractivity contribution in [3.63, 3.8) is 0 Å². The van der Waals surface area contributed by atoms with E-state index in [2.05, 4.69) is 10.6 Å². The lowest BCUT2D eigenvalue weighted by molar-refractivity contribution is -0.126. The van der Waals surface area contributed by atoms with Crippen LogP contribution in [0.1, 0.15) is 49.7 Å². The molecular formula is C18H26N2O2. The van der Waals surface area contributed by atoms with E-state index in [1.807, 2.05) is 31.2 Å². The summed E-state index contributed by atoms with van der Waals surface area (Å²) >= 11 is 0. The lowest BCUT2D eigenvalue weighted by Crippen LogP contribution is -2.42. The highest BCUT2D eigenvalue weighted by molar-refractivity contribution is 5.84. The van der Waals surface area contributed by atoms with Gasteiger partial charge in [-0.2, -0.15) is 0 Å². The number of carbonyl (C=O) groups excluding carboxylic acids is 2. The molecule has 1 saturated carbocycles. The van der Waals surface area contributed by atoms with Crippen LogP contribution in [-0.2, 0) is 16.0 Å². The van der Waals surface area contributed by atoms with Crippen molar-refractivity contribution in [2.75, 3.05) is 6.54 Å². The van der Waals surface area contributed by atoms with Gasteiger partial charge in [-0.05, 0) is 31.7 Å². The van der Waals surface area contributed by atoms with E-state index in [-0.39, 0.29) is 18.4 Å². The molecule has 0 aliphatic heterocycles. The molecule has 1 aromatic rings. The average Bonchev–Trinajstić information content (AvgIpc) is 2.53. The first-order chi connectivity index (χ1) is 10.6. The van der Waals surface area contributed by atoms with Gasteiger partial charge in [0.25, 0.3) is 0 Å². The normalized spacial score (nSPS) is 15.3. The van der Waals surface area contributed by atoms with Crippen molar-refractivity contribution >= 4 is 11.8 Å². The van der Waals surface area contributed by atoms with Gasteiger partial charge in [-0.3, -0.25) is 9.59 Å². The summed E-state index contributed by atoms with van der Waals surface area (Å²) in [5.74, 6) is -0.144. The fourth-order valence-corrected chi connectivity index (χ4v) is 2.81. The highest BCUT2D eigenvalue weighted by atomic mass is 16.2. The van der Waals surface area contributed by atoms with E-state index in [9.17, 15) is 9.59 Å². The van der Waals surface area contributed by atoms with E-state index >= 15 is 0 Å². The molecule has 0 radical (unpaired) electrons. The van der Waals surface area contributed by atoms with Crippen LogP contribution in [0.2, 0.25) is 0 Å². The summed E-state index contributed by atoms with van der Waals surface area (Å²) in [4.78, 5) is 23.6. The Bertz CT molecular complexity index is 490. The second kappa shape index (κ2) is 8.57. The smallest absolute Gasteiger partial charge is 0.239 e. The fraction of sp³-hybridized carbons (Fsp3) is 0.556. The van der Waals surface area contributed by atoms with E-state index in [4.69, 9.17) is 0 Å². The van der Waals surface area contributed by atoms with E-state index in [0.717, 1.165) is 18.4 Å². The quantitative estimate of drug-likeness (QED) is 0.848. The summed E-state index contributed by atoms with van der Waals surface area (Å²) in [5.41, 5.74) is 2.36. The molecule has 0 aromatic heterocycles. The Kier molecular flexibility index (Phi) is 6.44. The Morgan fingerprint density at radius 3 is 2.41 bits per heavy atom. The summed E-state index contributed by atoms with van der Waals surface area (Å²) in [6, 6.07) is 8.47. The minimum absolute atomic E-state index is 0.0700. The lowest BCUT2D eigenvalue weighted by atomic mass is 9.95. The first-order valence-electron chi connectivity index (χ1n) is 8.25. The number of aryl methyl sites for hydroxylation is 2. The number of carbonyl (C=O) groups is 2. The van der Waals surface area contributed by atoms with Crippen molar-refractivity contribution in [3.05, 3.63) is 35.4 Å². The van der Waals surface area contributed by atoms with Crippen LogP contribution >= 0.6 is 0 Å². The van der Waals surface area contributed by atoms with Gasteiger partial charge >= 0.3 is 0 Å². The van der Waals surface area contributed by atoms with E-state index in [1.54, 1.807) is 0 Å². The monoisotopic (exact) mass is 302 g/mol. The van der Waals surface area contributed by atoms with E-state index in [1.165, 1.54) is 24.8 Å². The van der Waals surface area contributed by atoms with Gasteiger partial charge in [-0.25, -0.2) is 0 Å². The molecular weight excluding hydrogens is 276 g/mol. The zero-order valence-electron chi connectivity index (χ0n) is 13.4. The van der Waals surface area contributed by atoms with Crippen molar-refractivity contribution in [1.29, 1.82) is 0 Å². The van der Waals surface area contributed by atoms with Crippen LogP contribution in [0.3, 0.4) is 0 Å². The molecule has 0 spiro atoms. The third-order valence-electron chi connectivity index (χ3n) is 4.18. The molecule has 22 heavy (non-hydrogen) atoms. The molecule has 4 heteroatoms. The summed E-state index contributed by atoms with van der Waals surface area (Å²) in [7, 11) is 0. The molecule has 0 atom stereocenters. The molecule has 0 heterocycles. The molecule has 1 aromatic carbocycles. The maximum Gasteiger partial charge on any atom is 0.239 e. The van der Waals surface area contributed by atoms with E-state index in [0.29, 0.717) is 18.9 Å². The van der Waals surface area contributed by atoms with Crippen LogP contribution in [0.5, 0.6) is 0 Å². The van der Waals surface area contributed by atoms with Crippen molar-refractivity contribution < 1.29 is 9.59 Å². The van der Waals surface area contributed by atoms with Crippen LogP contribution in [0.25, 0.3) is 0 Å². The van der Waals surface area contributed by atoms with Crippen LogP contribution in [0.15, 0.2) is 24.3 Å². The van der Waals surface area contributed by atoms with Gasteiger partial charge in [0.2, 0.25) is 11.8 Å². The molecule has 0 unspecified atom stereocenters. The molecule has 0 bridgehead atoms. The molecule has 2 rings (SSSR count). The second-order valence-corrected chi connectivity index (χ2v) is 6.16. The van der Waals surface area contributed by atoms with Gasteiger partial charge in [-0.15, -0.1) is 0 Å². The van der Waals surface area contributed by atoms with Crippen LogP contribution in [-0.4, -0.2) is 24.4 Å². The maximum absolute atomic E-state index is 11.8. The predicted molar refractivity (Wildman–Crippen MR) is 87.5 cm³/mol. The topological polar surface area (TPSA) is 58.2 Å². The highest BCUT2D eigenvalue weighted by Gasteiger charge is 2.15. The Balaban J connectivity index is 1.62. The Hall–Kier alpha value is -1.84. The minimum atomic E-state index is -0.0735. The van der Waals surface area contributed by atoms with Gasteiger partial charge in [0, 0.05) is 12.5 Å². The van der Waals surface area contributed by atoms with Crippen LogP contribution in [0.4, 0.5) is 0 Å². The Labute approximate surface area is 132 Å². The zero-order chi connectivity index (χ0) is 15.8.